The average molecular weight is 307 g/mol. The number of para-hydroxylation sites is 1. The Hall–Kier alpha value is -0.294. The van der Waals surface area contributed by atoms with Crippen molar-refractivity contribution in [3.8, 4) is 5.75 Å². The third-order valence-electron chi connectivity index (χ3n) is 3.04. The Labute approximate surface area is 146 Å². The summed E-state index contributed by atoms with van der Waals surface area (Å²) in [6.45, 7) is 2.25. The first-order valence-corrected chi connectivity index (χ1v) is 7.43. The normalized spacial score (nSPS) is 8.62. The van der Waals surface area contributed by atoms with Crippen molar-refractivity contribution < 1.29 is 15.3 Å². The molecule has 1 aromatic carbocycles. The van der Waals surface area contributed by atoms with Gasteiger partial charge in [-0.05, 0) is 24.5 Å². The Morgan fingerprint density at radius 3 is 1.81 bits per heavy atom. The van der Waals surface area contributed by atoms with Crippen molar-refractivity contribution in [2.24, 2.45) is 0 Å². The molecule has 0 bridgehead atoms. The smallest absolute Gasteiger partial charge is 0.857 e. The van der Waals surface area contributed by atoms with Crippen LogP contribution in [0.4, 0.5) is 0 Å². The van der Waals surface area contributed by atoms with Gasteiger partial charge in [0.2, 0.25) is 0 Å². The molecule has 0 unspecified atom stereocenters. The second-order valence-electron chi connectivity index (χ2n) is 4.50. The van der Waals surface area contributed by atoms with E-state index in [-0.39, 0.29) is 23.1 Å². The van der Waals surface area contributed by atoms with E-state index in [4.69, 9.17) is 10.2 Å². The molecule has 1 rings (SSSR count). The number of aromatic hydroxyl groups is 1. The first-order valence-electron chi connectivity index (χ1n) is 7.43. The summed E-state index contributed by atoms with van der Waals surface area (Å²) in [5, 5.41) is 26.1. The Morgan fingerprint density at radius 1 is 0.810 bits per heavy atom. The SMILES string of the molecule is CCCCCCCCCc1ccccc1O.C[O-].C[O-].[Mg+2]. The number of phenolic OH excluding ortho intramolecular Hbond substituents is 1. The van der Waals surface area contributed by atoms with Crippen LogP contribution >= 0.6 is 0 Å². The summed E-state index contributed by atoms with van der Waals surface area (Å²) >= 11 is 0. The van der Waals surface area contributed by atoms with Crippen molar-refractivity contribution in [1.29, 1.82) is 0 Å². The van der Waals surface area contributed by atoms with E-state index in [0.717, 1.165) is 26.2 Å². The Bertz CT molecular complexity index is 293. The molecule has 1 aromatic rings. The van der Waals surface area contributed by atoms with E-state index in [0.29, 0.717) is 5.75 Å². The summed E-state index contributed by atoms with van der Waals surface area (Å²) in [4.78, 5) is 0. The monoisotopic (exact) mass is 306 g/mol. The van der Waals surface area contributed by atoms with Gasteiger partial charge in [-0.3, -0.25) is 0 Å². The molecule has 1 N–H and O–H groups in total. The number of unbranched alkanes of at least 4 members (excludes halogenated alkanes) is 6. The first-order chi connectivity index (χ1) is 9.84. The summed E-state index contributed by atoms with van der Waals surface area (Å²) < 4.78 is 0. The van der Waals surface area contributed by atoms with Crippen LogP contribution in [-0.2, 0) is 6.42 Å². The molecule has 0 aliphatic rings. The van der Waals surface area contributed by atoms with E-state index in [1.807, 2.05) is 18.2 Å². The first kappa shape index (κ1) is 25.6. The average Bonchev–Trinajstić information content (AvgIpc) is 2.52. The van der Waals surface area contributed by atoms with Crippen molar-refractivity contribution in [3.63, 3.8) is 0 Å². The predicted molar refractivity (Wildman–Crippen MR) is 87.4 cm³/mol. The zero-order valence-electron chi connectivity index (χ0n) is 13.9. The molecule has 0 heterocycles. The summed E-state index contributed by atoms with van der Waals surface area (Å²) in [5.41, 5.74) is 1.09. The minimum atomic E-state index is 0. The fraction of sp³-hybridized carbons (Fsp3) is 0.647. The van der Waals surface area contributed by atoms with Crippen molar-refractivity contribution in [1.82, 2.24) is 0 Å². The third kappa shape index (κ3) is 15.9. The number of rotatable bonds is 8. The van der Waals surface area contributed by atoms with E-state index in [2.05, 4.69) is 6.92 Å². The molecular formula is C17H30MgO3. The maximum absolute atomic E-state index is 9.58. The largest absolute Gasteiger partial charge is 2.00 e. The molecule has 0 saturated carbocycles. The van der Waals surface area contributed by atoms with Gasteiger partial charge in [-0.1, -0.05) is 63.6 Å². The summed E-state index contributed by atoms with van der Waals surface area (Å²) in [6, 6.07) is 7.67. The molecule has 0 aliphatic heterocycles. The predicted octanol–water partition coefficient (Wildman–Crippen LogP) is 2.26. The van der Waals surface area contributed by atoms with Crippen LogP contribution in [0.5, 0.6) is 5.75 Å². The van der Waals surface area contributed by atoms with Crippen molar-refractivity contribution in [3.05, 3.63) is 29.8 Å². The van der Waals surface area contributed by atoms with Crippen LogP contribution in [-0.4, -0.2) is 42.4 Å². The van der Waals surface area contributed by atoms with Crippen LogP contribution in [0.2, 0.25) is 0 Å². The molecule has 0 aliphatic carbocycles. The second kappa shape index (κ2) is 22.0. The van der Waals surface area contributed by atoms with Gasteiger partial charge < -0.3 is 15.3 Å². The third-order valence-corrected chi connectivity index (χ3v) is 3.04. The van der Waals surface area contributed by atoms with Crippen molar-refractivity contribution in [2.75, 3.05) is 14.2 Å². The van der Waals surface area contributed by atoms with Crippen LogP contribution in [0.25, 0.3) is 0 Å². The number of phenols is 1. The van der Waals surface area contributed by atoms with Crippen LogP contribution in [0.3, 0.4) is 0 Å². The molecule has 21 heavy (non-hydrogen) atoms. The van der Waals surface area contributed by atoms with Gasteiger partial charge in [0.1, 0.15) is 5.75 Å². The summed E-state index contributed by atoms with van der Waals surface area (Å²) in [5.74, 6) is 0.452. The van der Waals surface area contributed by atoms with Crippen LogP contribution in [0.1, 0.15) is 57.4 Å². The van der Waals surface area contributed by atoms with Crippen molar-refractivity contribution in [2.45, 2.75) is 58.3 Å². The van der Waals surface area contributed by atoms with Gasteiger partial charge in [-0.25, -0.2) is 0 Å². The Balaban J connectivity index is -0.000000595. The van der Waals surface area contributed by atoms with Gasteiger partial charge in [-0.2, -0.15) is 14.2 Å². The number of aryl methyl sites for hydroxylation is 1. The molecule has 4 heteroatoms. The zero-order valence-corrected chi connectivity index (χ0v) is 15.4. The molecule has 0 fully saturated rings. The fourth-order valence-electron chi connectivity index (χ4n) is 1.99. The minimum absolute atomic E-state index is 0. The molecule has 0 radical (unpaired) electrons. The van der Waals surface area contributed by atoms with E-state index < -0.39 is 0 Å². The standard InChI is InChI=1S/C15H24O.2CH3O.Mg/c1-2-3-4-5-6-7-8-11-14-12-9-10-13-15(14)16;2*1-2;/h9-10,12-13,16H,2-8,11H2,1H3;2*1H3;/q;2*-1;+2. The molecule has 0 aromatic heterocycles. The van der Waals surface area contributed by atoms with E-state index in [9.17, 15) is 5.11 Å². The topological polar surface area (TPSA) is 66.3 Å². The Morgan fingerprint density at radius 2 is 1.29 bits per heavy atom. The molecular weight excluding hydrogens is 276 g/mol. The van der Waals surface area contributed by atoms with E-state index >= 15 is 0 Å². The van der Waals surface area contributed by atoms with Crippen LogP contribution in [0.15, 0.2) is 24.3 Å². The number of hydrogen-bond donors (Lipinski definition) is 1. The zero-order chi connectivity index (χ0) is 15.6. The van der Waals surface area contributed by atoms with Gasteiger partial charge >= 0.3 is 23.1 Å². The van der Waals surface area contributed by atoms with Gasteiger partial charge in [0.15, 0.2) is 0 Å². The van der Waals surface area contributed by atoms with Gasteiger partial charge in [0.05, 0.1) is 0 Å². The van der Waals surface area contributed by atoms with Crippen LogP contribution in [0, 0.1) is 0 Å². The fourth-order valence-corrected chi connectivity index (χ4v) is 1.99. The van der Waals surface area contributed by atoms with E-state index in [1.54, 1.807) is 6.07 Å². The molecule has 0 saturated heterocycles. The van der Waals surface area contributed by atoms with Gasteiger partial charge in [-0.15, -0.1) is 0 Å². The molecule has 3 nitrogen and oxygen atoms in total. The maximum Gasteiger partial charge on any atom is 2.00 e. The van der Waals surface area contributed by atoms with E-state index in [1.165, 1.54) is 44.9 Å². The molecule has 0 spiro atoms. The van der Waals surface area contributed by atoms with Crippen LogP contribution < -0.4 is 10.2 Å². The number of benzene rings is 1. The van der Waals surface area contributed by atoms with Gasteiger partial charge in [0, 0.05) is 0 Å². The summed E-state index contributed by atoms with van der Waals surface area (Å²) in [7, 11) is 1.50. The van der Waals surface area contributed by atoms with Gasteiger partial charge in [0.25, 0.3) is 0 Å². The molecule has 0 atom stereocenters. The minimum Gasteiger partial charge on any atom is -0.857 e. The summed E-state index contributed by atoms with van der Waals surface area (Å²) in [6.07, 6.45) is 10.3. The number of hydrogen-bond acceptors (Lipinski definition) is 3. The molecule has 0 amide bonds. The maximum atomic E-state index is 9.58. The quantitative estimate of drug-likeness (QED) is 0.592. The second-order valence-corrected chi connectivity index (χ2v) is 4.50. The Kier molecular flexibility index (Phi) is 26.9. The van der Waals surface area contributed by atoms with Crippen molar-refractivity contribution >= 4 is 23.1 Å². The molecule has 118 valence electrons.